The van der Waals surface area contributed by atoms with Gasteiger partial charge in [-0.25, -0.2) is 0 Å². The minimum absolute atomic E-state index is 0.456. The van der Waals surface area contributed by atoms with Crippen molar-refractivity contribution in [3.05, 3.63) is 29.3 Å². The molecule has 0 fully saturated rings. The Bertz CT molecular complexity index is 365. The van der Waals surface area contributed by atoms with Crippen molar-refractivity contribution in [3.63, 3.8) is 0 Å². The maximum Gasteiger partial charge on any atom is 0.0615 e. The molecule has 3 nitrogen and oxygen atoms in total. The van der Waals surface area contributed by atoms with E-state index in [2.05, 4.69) is 17.9 Å². The number of benzene rings is 1. The van der Waals surface area contributed by atoms with Crippen LogP contribution in [0.3, 0.4) is 0 Å². The number of nitrogens with zero attached hydrogens (tertiary/aromatic N) is 1. The van der Waals surface area contributed by atoms with E-state index in [-0.39, 0.29) is 0 Å². The topological polar surface area (TPSA) is 38.5 Å². The maximum atomic E-state index is 6.02. The lowest BCUT2D eigenvalue weighted by Crippen LogP contribution is -2.40. The molecule has 0 bridgehead atoms. The van der Waals surface area contributed by atoms with Gasteiger partial charge in [-0.2, -0.15) is 0 Å². The van der Waals surface area contributed by atoms with Crippen LogP contribution in [0.5, 0.6) is 0 Å². The first-order valence-corrected chi connectivity index (χ1v) is 5.81. The molecule has 0 saturated heterocycles. The molecule has 16 heavy (non-hydrogen) atoms. The van der Waals surface area contributed by atoms with Crippen molar-refractivity contribution in [1.82, 2.24) is 4.90 Å². The quantitative estimate of drug-likeness (QED) is 0.787. The molecule has 2 N–H and O–H groups in total. The lowest BCUT2D eigenvalue weighted by Gasteiger charge is -2.33. The molecule has 1 atom stereocenters. The van der Waals surface area contributed by atoms with Crippen LogP contribution in [0, 0.1) is 0 Å². The van der Waals surface area contributed by atoms with E-state index in [1.54, 1.807) is 7.11 Å². The minimum Gasteiger partial charge on any atom is -0.398 e. The summed E-state index contributed by atoms with van der Waals surface area (Å²) in [7, 11) is 1.75. The predicted octanol–water partition coefficient (Wildman–Crippen LogP) is 1.66. The van der Waals surface area contributed by atoms with Gasteiger partial charge in [0.15, 0.2) is 0 Å². The molecule has 0 amide bonds. The predicted molar refractivity (Wildman–Crippen MR) is 66.3 cm³/mol. The summed E-state index contributed by atoms with van der Waals surface area (Å²) in [6.45, 7) is 5.03. The highest BCUT2D eigenvalue weighted by Gasteiger charge is 2.21. The van der Waals surface area contributed by atoms with Crippen molar-refractivity contribution in [3.8, 4) is 0 Å². The van der Waals surface area contributed by atoms with Crippen LogP contribution in [0.2, 0.25) is 0 Å². The normalized spacial score (nSPS) is 18.1. The number of anilines is 1. The van der Waals surface area contributed by atoms with Crippen molar-refractivity contribution in [2.24, 2.45) is 0 Å². The summed E-state index contributed by atoms with van der Waals surface area (Å²) in [6.07, 6.45) is 1.09. The van der Waals surface area contributed by atoms with Crippen molar-refractivity contribution >= 4 is 5.69 Å². The van der Waals surface area contributed by atoms with Gasteiger partial charge in [-0.3, -0.25) is 4.90 Å². The van der Waals surface area contributed by atoms with E-state index < -0.39 is 0 Å². The second-order valence-electron chi connectivity index (χ2n) is 4.51. The molecule has 1 unspecified atom stereocenters. The Morgan fingerprint density at radius 2 is 2.31 bits per heavy atom. The summed E-state index contributed by atoms with van der Waals surface area (Å²) in [5, 5.41) is 0. The van der Waals surface area contributed by atoms with Crippen LogP contribution in [-0.4, -0.2) is 31.2 Å². The zero-order valence-corrected chi connectivity index (χ0v) is 10.1. The van der Waals surface area contributed by atoms with Crippen LogP contribution in [0.15, 0.2) is 18.2 Å². The summed E-state index contributed by atoms with van der Waals surface area (Å²) in [6, 6.07) is 6.67. The van der Waals surface area contributed by atoms with E-state index in [0.29, 0.717) is 6.04 Å². The van der Waals surface area contributed by atoms with Gasteiger partial charge in [0.25, 0.3) is 0 Å². The zero-order valence-electron chi connectivity index (χ0n) is 10.1. The molecule has 1 aromatic carbocycles. The standard InChI is InChI=1S/C13H20N2O/c1-10(9-16-2)15-7-6-11-4-3-5-13(14)12(11)8-15/h3-5,10H,6-9,14H2,1-2H3. The SMILES string of the molecule is COCC(C)N1CCc2cccc(N)c2C1. The third-order valence-electron chi connectivity index (χ3n) is 3.37. The molecule has 1 aliphatic heterocycles. The largest absolute Gasteiger partial charge is 0.398 e. The molecule has 0 spiro atoms. The van der Waals surface area contributed by atoms with Crippen molar-refractivity contribution < 1.29 is 4.74 Å². The van der Waals surface area contributed by atoms with Gasteiger partial charge in [-0.15, -0.1) is 0 Å². The highest BCUT2D eigenvalue weighted by molar-refractivity contribution is 5.51. The summed E-state index contributed by atoms with van der Waals surface area (Å²) in [5.74, 6) is 0. The van der Waals surface area contributed by atoms with E-state index in [9.17, 15) is 0 Å². The Labute approximate surface area is 97.2 Å². The molecule has 0 aliphatic carbocycles. The third kappa shape index (κ3) is 2.20. The lowest BCUT2D eigenvalue weighted by atomic mass is 9.97. The lowest BCUT2D eigenvalue weighted by molar-refractivity contribution is 0.0911. The van der Waals surface area contributed by atoms with Gasteiger partial charge in [0.2, 0.25) is 0 Å². The maximum absolute atomic E-state index is 6.02. The molecule has 1 aromatic rings. The molecular weight excluding hydrogens is 200 g/mol. The van der Waals surface area contributed by atoms with Crippen molar-refractivity contribution in [1.29, 1.82) is 0 Å². The molecule has 0 aromatic heterocycles. The Balaban J connectivity index is 2.13. The van der Waals surface area contributed by atoms with E-state index in [1.165, 1.54) is 11.1 Å². The van der Waals surface area contributed by atoms with E-state index in [0.717, 1.165) is 31.8 Å². The van der Waals surface area contributed by atoms with E-state index in [4.69, 9.17) is 10.5 Å². The van der Waals surface area contributed by atoms with Gasteiger partial charge in [0.05, 0.1) is 6.61 Å². The van der Waals surface area contributed by atoms with Gasteiger partial charge >= 0.3 is 0 Å². The molecule has 1 heterocycles. The van der Waals surface area contributed by atoms with Gasteiger partial charge < -0.3 is 10.5 Å². The minimum atomic E-state index is 0.456. The van der Waals surface area contributed by atoms with Crippen LogP contribution >= 0.6 is 0 Å². The van der Waals surface area contributed by atoms with Crippen molar-refractivity contribution in [2.45, 2.75) is 25.9 Å². The fraction of sp³-hybridized carbons (Fsp3) is 0.538. The number of methoxy groups -OCH3 is 1. The fourth-order valence-electron chi connectivity index (χ4n) is 2.35. The average molecular weight is 220 g/mol. The first-order valence-electron chi connectivity index (χ1n) is 5.81. The fourth-order valence-corrected chi connectivity index (χ4v) is 2.35. The molecule has 2 rings (SSSR count). The Hall–Kier alpha value is -1.06. The van der Waals surface area contributed by atoms with Crippen LogP contribution < -0.4 is 5.73 Å². The average Bonchev–Trinajstić information content (AvgIpc) is 2.29. The first kappa shape index (κ1) is 11.4. The highest BCUT2D eigenvalue weighted by atomic mass is 16.5. The summed E-state index contributed by atoms with van der Waals surface area (Å²) in [4.78, 5) is 2.43. The Kier molecular flexibility index (Phi) is 3.46. The van der Waals surface area contributed by atoms with Crippen molar-refractivity contribution in [2.75, 3.05) is 26.0 Å². The van der Waals surface area contributed by atoms with Gasteiger partial charge in [-0.05, 0) is 30.5 Å². The van der Waals surface area contributed by atoms with Crippen LogP contribution in [0.4, 0.5) is 5.69 Å². The number of fused-ring (bicyclic) bond motifs is 1. The Morgan fingerprint density at radius 1 is 1.50 bits per heavy atom. The van der Waals surface area contributed by atoms with E-state index >= 15 is 0 Å². The second-order valence-corrected chi connectivity index (χ2v) is 4.51. The molecule has 0 saturated carbocycles. The van der Waals surface area contributed by atoms with Crippen LogP contribution in [0.1, 0.15) is 18.1 Å². The number of rotatable bonds is 3. The number of hydrogen-bond donors (Lipinski definition) is 1. The number of nitrogen functional groups attached to an aromatic ring is 1. The van der Waals surface area contributed by atoms with Crippen LogP contribution in [0.25, 0.3) is 0 Å². The summed E-state index contributed by atoms with van der Waals surface area (Å²) in [5.41, 5.74) is 9.65. The zero-order chi connectivity index (χ0) is 11.5. The van der Waals surface area contributed by atoms with Gasteiger partial charge in [0, 0.05) is 31.9 Å². The van der Waals surface area contributed by atoms with Crippen LogP contribution in [-0.2, 0) is 17.7 Å². The number of nitrogens with two attached hydrogens (primary N) is 1. The van der Waals surface area contributed by atoms with Gasteiger partial charge in [0.1, 0.15) is 0 Å². The van der Waals surface area contributed by atoms with Gasteiger partial charge in [-0.1, -0.05) is 12.1 Å². The molecular formula is C13H20N2O. The molecule has 88 valence electrons. The smallest absolute Gasteiger partial charge is 0.0615 e. The monoisotopic (exact) mass is 220 g/mol. The molecule has 3 heteroatoms. The molecule has 1 aliphatic rings. The number of hydrogen-bond acceptors (Lipinski definition) is 3. The Morgan fingerprint density at radius 3 is 3.06 bits per heavy atom. The second kappa shape index (κ2) is 4.85. The highest BCUT2D eigenvalue weighted by Crippen LogP contribution is 2.25. The van der Waals surface area contributed by atoms with E-state index in [1.807, 2.05) is 12.1 Å². The first-order chi connectivity index (χ1) is 7.72. The third-order valence-corrected chi connectivity index (χ3v) is 3.37. The number of ether oxygens (including phenoxy) is 1. The molecule has 0 radical (unpaired) electrons. The summed E-state index contributed by atoms with van der Waals surface area (Å²) < 4.78 is 5.20. The summed E-state index contributed by atoms with van der Waals surface area (Å²) >= 11 is 0.